The molecule has 5 unspecified atom stereocenters. The number of nitriles is 1. The van der Waals surface area contributed by atoms with E-state index < -0.39 is 0 Å². The molecule has 2 fully saturated rings. The van der Waals surface area contributed by atoms with Gasteiger partial charge in [-0.15, -0.1) is 0 Å². The van der Waals surface area contributed by atoms with Crippen LogP contribution in [0.2, 0.25) is 0 Å². The van der Waals surface area contributed by atoms with E-state index in [1.54, 1.807) is 14.2 Å². The van der Waals surface area contributed by atoms with Crippen LogP contribution in [0.15, 0.2) is 0 Å². The Balaban J connectivity index is 1.72. The quantitative estimate of drug-likeness (QED) is 0.576. The number of ether oxygens (including phenoxy) is 2. The fourth-order valence-electron chi connectivity index (χ4n) is 4.52. The highest BCUT2D eigenvalue weighted by Crippen LogP contribution is 2.29. The summed E-state index contributed by atoms with van der Waals surface area (Å²) in [6.45, 7) is 9.43. The largest absolute Gasteiger partial charge is 0.379 e. The Morgan fingerprint density at radius 2 is 1.82 bits per heavy atom. The van der Waals surface area contributed by atoms with E-state index in [0.717, 1.165) is 52.0 Å². The molecule has 2 bridgehead atoms. The number of carbonyl (C=O) groups is 1. The molecular weight excluding hydrogens is 356 g/mol. The number of hydrogen-bond acceptors (Lipinski definition) is 5. The summed E-state index contributed by atoms with van der Waals surface area (Å²) in [7, 11) is 3.48. The molecule has 0 aromatic heterocycles. The lowest BCUT2D eigenvalue weighted by Gasteiger charge is -2.46. The van der Waals surface area contributed by atoms with Crippen LogP contribution >= 0.6 is 0 Å². The molecule has 28 heavy (non-hydrogen) atoms. The molecule has 2 heterocycles. The Morgan fingerprint density at radius 1 is 1.14 bits per heavy atom. The van der Waals surface area contributed by atoms with E-state index in [4.69, 9.17) is 14.7 Å². The number of likely N-dealkylation sites (tertiary alicyclic amines) is 2. The van der Waals surface area contributed by atoms with Crippen LogP contribution < -0.4 is 5.32 Å². The third kappa shape index (κ3) is 6.91. The molecule has 1 N–H and O–H groups in total. The number of nitrogens with one attached hydrogen (secondary N) is 1. The summed E-state index contributed by atoms with van der Waals surface area (Å²) in [6, 6.07) is 2.29. The third-order valence-corrected chi connectivity index (χ3v) is 6.18. The maximum absolute atomic E-state index is 12.5. The van der Waals surface area contributed by atoms with Crippen molar-refractivity contribution in [3.8, 4) is 6.07 Å². The van der Waals surface area contributed by atoms with Crippen molar-refractivity contribution >= 4 is 6.03 Å². The van der Waals surface area contributed by atoms with Crippen LogP contribution in [0.25, 0.3) is 0 Å². The molecule has 0 radical (unpaired) electrons. The van der Waals surface area contributed by atoms with Gasteiger partial charge < -0.3 is 24.6 Å². The SMILES string of the molecule is COC(C)C(CCN1CC2CC(C1)CN(C(=O)NCCCC(C)C#N)C2)OC. The first kappa shape index (κ1) is 22.9. The first-order chi connectivity index (χ1) is 13.5. The molecule has 2 amide bonds. The van der Waals surface area contributed by atoms with Gasteiger partial charge in [0.25, 0.3) is 0 Å². The molecule has 0 spiro atoms. The highest BCUT2D eigenvalue weighted by atomic mass is 16.5. The van der Waals surface area contributed by atoms with Crippen LogP contribution in [0.3, 0.4) is 0 Å². The molecule has 160 valence electrons. The summed E-state index contributed by atoms with van der Waals surface area (Å²) in [5.41, 5.74) is 0. The van der Waals surface area contributed by atoms with Gasteiger partial charge in [0.1, 0.15) is 0 Å². The first-order valence-electron chi connectivity index (χ1n) is 10.7. The summed E-state index contributed by atoms with van der Waals surface area (Å²) in [5, 5.41) is 11.9. The first-order valence-corrected chi connectivity index (χ1v) is 10.7. The topological polar surface area (TPSA) is 77.8 Å². The summed E-state index contributed by atoms with van der Waals surface area (Å²) in [4.78, 5) is 17.0. The normalized spacial score (nSPS) is 25.6. The minimum Gasteiger partial charge on any atom is -0.379 e. The van der Waals surface area contributed by atoms with E-state index in [2.05, 4.69) is 23.2 Å². The zero-order valence-electron chi connectivity index (χ0n) is 18.0. The minimum atomic E-state index is 0.0566. The molecule has 0 aliphatic carbocycles. The lowest BCUT2D eigenvalue weighted by Crippen LogP contribution is -2.56. The lowest BCUT2D eigenvalue weighted by atomic mass is 9.84. The zero-order valence-corrected chi connectivity index (χ0v) is 18.0. The molecule has 0 aromatic rings. The Labute approximate surface area is 170 Å². The standard InChI is InChI=1S/C21H38N4O3/c1-16(11-22)6-5-8-23-21(26)25-14-18-10-19(15-25)13-24(12-18)9-7-20(28-4)17(2)27-3/h16-20H,5-10,12-15H2,1-4H3,(H,23,26). The second kappa shape index (κ2) is 11.6. The lowest BCUT2D eigenvalue weighted by molar-refractivity contribution is -0.0384. The van der Waals surface area contributed by atoms with E-state index in [-0.39, 0.29) is 24.2 Å². The molecule has 7 nitrogen and oxygen atoms in total. The smallest absolute Gasteiger partial charge is 0.317 e. The molecule has 5 atom stereocenters. The van der Waals surface area contributed by atoms with Crippen molar-refractivity contribution in [3.05, 3.63) is 0 Å². The van der Waals surface area contributed by atoms with Gasteiger partial charge in [-0.25, -0.2) is 4.79 Å². The summed E-state index contributed by atoms with van der Waals surface area (Å²) in [6.07, 6.45) is 4.11. The van der Waals surface area contributed by atoms with E-state index in [1.165, 1.54) is 6.42 Å². The fourth-order valence-corrected chi connectivity index (χ4v) is 4.52. The van der Waals surface area contributed by atoms with Gasteiger partial charge in [0.05, 0.1) is 18.3 Å². The highest BCUT2D eigenvalue weighted by Gasteiger charge is 2.36. The van der Waals surface area contributed by atoms with Gasteiger partial charge in [-0.2, -0.15) is 5.26 Å². The van der Waals surface area contributed by atoms with E-state index in [9.17, 15) is 4.79 Å². The second-order valence-corrected chi connectivity index (χ2v) is 8.54. The Kier molecular flexibility index (Phi) is 9.49. The molecular formula is C21H38N4O3. The zero-order chi connectivity index (χ0) is 20.5. The number of urea groups is 1. The average molecular weight is 395 g/mol. The van der Waals surface area contributed by atoms with Crippen molar-refractivity contribution in [1.82, 2.24) is 15.1 Å². The second-order valence-electron chi connectivity index (χ2n) is 8.54. The van der Waals surface area contributed by atoms with Crippen molar-refractivity contribution in [1.29, 1.82) is 5.26 Å². The van der Waals surface area contributed by atoms with E-state index >= 15 is 0 Å². The van der Waals surface area contributed by atoms with Gasteiger partial charge in [-0.05, 0) is 51.4 Å². The van der Waals surface area contributed by atoms with Gasteiger partial charge in [-0.3, -0.25) is 0 Å². The summed E-state index contributed by atoms with van der Waals surface area (Å²) >= 11 is 0. The molecule has 0 aromatic carbocycles. The number of amides is 2. The van der Waals surface area contributed by atoms with Crippen molar-refractivity contribution in [2.24, 2.45) is 17.8 Å². The molecule has 7 heteroatoms. The molecule has 2 rings (SSSR count). The van der Waals surface area contributed by atoms with Gasteiger partial charge >= 0.3 is 6.03 Å². The van der Waals surface area contributed by atoms with Crippen LogP contribution in [0.1, 0.15) is 39.5 Å². The van der Waals surface area contributed by atoms with Crippen LogP contribution in [0.4, 0.5) is 4.79 Å². The summed E-state index contributed by atoms with van der Waals surface area (Å²) < 4.78 is 11.0. The van der Waals surface area contributed by atoms with Crippen LogP contribution in [-0.2, 0) is 9.47 Å². The Morgan fingerprint density at radius 3 is 2.39 bits per heavy atom. The Bertz CT molecular complexity index is 510. The van der Waals surface area contributed by atoms with Gasteiger partial charge in [0.2, 0.25) is 0 Å². The van der Waals surface area contributed by atoms with Crippen molar-refractivity contribution in [2.45, 2.75) is 51.7 Å². The number of fused-ring (bicyclic) bond motifs is 2. The molecule has 0 saturated carbocycles. The van der Waals surface area contributed by atoms with Crippen molar-refractivity contribution in [3.63, 3.8) is 0 Å². The van der Waals surface area contributed by atoms with Gasteiger partial charge in [-0.1, -0.05) is 0 Å². The maximum Gasteiger partial charge on any atom is 0.317 e. The van der Waals surface area contributed by atoms with Crippen LogP contribution in [0.5, 0.6) is 0 Å². The Hall–Kier alpha value is -1.36. The highest BCUT2D eigenvalue weighted by molar-refractivity contribution is 5.74. The number of nitrogens with zero attached hydrogens (tertiary/aromatic N) is 3. The number of hydrogen-bond donors (Lipinski definition) is 1. The predicted octanol–water partition coefficient (Wildman–Crippen LogP) is 2.33. The monoisotopic (exact) mass is 394 g/mol. The van der Waals surface area contributed by atoms with Crippen LogP contribution in [-0.4, -0.2) is 81.5 Å². The van der Waals surface area contributed by atoms with Crippen LogP contribution in [0, 0.1) is 29.1 Å². The van der Waals surface area contributed by atoms with Gasteiger partial charge in [0.15, 0.2) is 0 Å². The van der Waals surface area contributed by atoms with E-state index in [0.29, 0.717) is 18.4 Å². The summed E-state index contributed by atoms with van der Waals surface area (Å²) in [5.74, 6) is 1.16. The number of rotatable bonds is 10. The van der Waals surface area contributed by atoms with Crippen molar-refractivity contribution in [2.75, 3.05) is 53.5 Å². The minimum absolute atomic E-state index is 0.0566. The third-order valence-electron chi connectivity index (χ3n) is 6.18. The predicted molar refractivity (Wildman–Crippen MR) is 109 cm³/mol. The maximum atomic E-state index is 12.5. The molecule has 2 saturated heterocycles. The average Bonchev–Trinajstić information content (AvgIpc) is 2.70. The number of methoxy groups -OCH3 is 2. The van der Waals surface area contributed by atoms with E-state index in [1.807, 2.05) is 11.8 Å². The fraction of sp³-hybridized carbons (Fsp3) is 0.905. The number of piperidine rings is 2. The molecule has 2 aliphatic rings. The van der Waals surface area contributed by atoms with Crippen molar-refractivity contribution < 1.29 is 14.3 Å². The molecule has 2 aliphatic heterocycles. The van der Waals surface area contributed by atoms with Gasteiger partial charge in [0, 0.05) is 59.4 Å². The number of carbonyl (C=O) groups excluding carboxylic acids is 1.